The molecule has 0 aliphatic carbocycles. The van der Waals surface area contributed by atoms with E-state index in [0.717, 1.165) is 12.0 Å². The van der Waals surface area contributed by atoms with Gasteiger partial charge in [-0.1, -0.05) is 38.1 Å². The molecule has 0 unspecified atom stereocenters. The number of hydrogen-bond acceptors (Lipinski definition) is 4. The Morgan fingerprint density at radius 2 is 1.63 bits per heavy atom. The summed E-state index contributed by atoms with van der Waals surface area (Å²) >= 11 is 0. The molecule has 2 rings (SSSR count). The third-order valence-electron chi connectivity index (χ3n) is 4.02. The van der Waals surface area contributed by atoms with Crippen LogP contribution >= 0.6 is 0 Å². The van der Waals surface area contributed by atoms with Crippen LogP contribution in [-0.4, -0.2) is 23.8 Å². The Labute approximate surface area is 159 Å². The lowest BCUT2D eigenvalue weighted by atomic mass is 10.0. The fraction of sp³-hybridized carbons (Fsp3) is 0.318. The van der Waals surface area contributed by atoms with E-state index in [-0.39, 0.29) is 5.78 Å². The molecule has 0 spiro atoms. The summed E-state index contributed by atoms with van der Waals surface area (Å²) in [6.07, 6.45) is -0.0261. The van der Waals surface area contributed by atoms with Crippen LogP contribution in [0.4, 0.5) is 5.69 Å². The number of carbonyl (C=O) groups is 3. The molecule has 1 amide bonds. The number of esters is 1. The molecule has 0 aliphatic rings. The Hall–Kier alpha value is -2.95. The zero-order valence-corrected chi connectivity index (χ0v) is 16.1. The molecule has 0 aromatic heterocycles. The van der Waals surface area contributed by atoms with E-state index < -0.39 is 18.0 Å². The van der Waals surface area contributed by atoms with Gasteiger partial charge in [0, 0.05) is 11.3 Å². The minimum Gasteiger partial charge on any atom is -0.449 e. The molecule has 1 N–H and O–H groups in total. The van der Waals surface area contributed by atoms with Crippen molar-refractivity contribution in [3.63, 3.8) is 0 Å². The number of ketones is 1. The molecule has 0 saturated carbocycles. The second-order valence-corrected chi connectivity index (χ2v) is 6.97. The highest BCUT2D eigenvalue weighted by molar-refractivity contribution is 5.99. The summed E-state index contributed by atoms with van der Waals surface area (Å²) in [7, 11) is 0. The second kappa shape index (κ2) is 9.12. The van der Waals surface area contributed by atoms with Crippen LogP contribution in [0.2, 0.25) is 0 Å². The number of anilines is 1. The first kappa shape index (κ1) is 20.4. The number of carbonyl (C=O) groups excluding carboxylic acids is 3. The molecule has 27 heavy (non-hydrogen) atoms. The third kappa shape index (κ3) is 6.06. The van der Waals surface area contributed by atoms with Gasteiger partial charge in [0.2, 0.25) is 0 Å². The predicted octanol–water partition coefficient (Wildman–Crippen LogP) is 4.27. The summed E-state index contributed by atoms with van der Waals surface area (Å²) in [5, 5.41) is 2.66. The van der Waals surface area contributed by atoms with Crippen molar-refractivity contribution in [3.05, 3.63) is 65.2 Å². The van der Waals surface area contributed by atoms with Crippen LogP contribution in [0.25, 0.3) is 0 Å². The smallest absolute Gasteiger partial charge is 0.338 e. The zero-order valence-electron chi connectivity index (χ0n) is 16.1. The first-order valence-electron chi connectivity index (χ1n) is 8.98. The van der Waals surface area contributed by atoms with Gasteiger partial charge in [-0.25, -0.2) is 4.79 Å². The third-order valence-corrected chi connectivity index (χ3v) is 4.02. The molecule has 0 saturated heterocycles. The molecule has 0 radical (unpaired) electrons. The summed E-state index contributed by atoms with van der Waals surface area (Å²) in [5.74, 6) is -0.564. The maximum atomic E-state index is 12.3. The molecular weight excluding hydrogens is 342 g/mol. The molecule has 0 aliphatic heterocycles. The van der Waals surface area contributed by atoms with Gasteiger partial charge >= 0.3 is 5.97 Å². The average Bonchev–Trinajstić information content (AvgIpc) is 2.61. The van der Waals surface area contributed by atoms with Crippen molar-refractivity contribution >= 4 is 23.3 Å². The molecule has 1 atom stereocenters. The zero-order chi connectivity index (χ0) is 20.0. The van der Waals surface area contributed by atoms with E-state index in [0.29, 0.717) is 22.7 Å². The number of nitrogens with one attached hydrogen (secondary N) is 1. The lowest BCUT2D eigenvalue weighted by Crippen LogP contribution is -2.30. The van der Waals surface area contributed by atoms with Crippen LogP contribution in [0.15, 0.2) is 48.5 Å². The highest BCUT2D eigenvalue weighted by Crippen LogP contribution is 2.14. The number of hydrogen-bond donors (Lipinski definition) is 1. The number of rotatable bonds is 7. The number of Topliss-reactive ketones (excluding diaryl/α,β-unsaturated/α-hetero) is 1. The Morgan fingerprint density at radius 1 is 0.963 bits per heavy atom. The summed E-state index contributed by atoms with van der Waals surface area (Å²) in [5.41, 5.74) is 2.53. The Bertz CT molecular complexity index is 824. The van der Waals surface area contributed by atoms with E-state index in [1.807, 2.05) is 12.1 Å². The maximum Gasteiger partial charge on any atom is 0.338 e. The lowest BCUT2D eigenvalue weighted by molar-refractivity contribution is -0.123. The van der Waals surface area contributed by atoms with Crippen molar-refractivity contribution < 1.29 is 19.1 Å². The highest BCUT2D eigenvalue weighted by Gasteiger charge is 2.19. The summed E-state index contributed by atoms with van der Waals surface area (Å²) in [6, 6.07) is 13.8. The largest absolute Gasteiger partial charge is 0.449 e. The lowest BCUT2D eigenvalue weighted by Gasteiger charge is -2.14. The molecule has 0 fully saturated rings. The van der Waals surface area contributed by atoms with Crippen LogP contribution in [0.3, 0.4) is 0 Å². The molecular formula is C22H25NO4. The first-order valence-corrected chi connectivity index (χ1v) is 8.98. The van der Waals surface area contributed by atoms with Gasteiger partial charge in [0.15, 0.2) is 11.9 Å². The minimum atomic E-state index is -0.964. The van der Waals surface area contributed by atoms with Crippen molar-refractivity contribution in [2.75, 3.05) is 5.32 Å². The van der Waals surface area contributed by atoms with E-state index in [2.05, 4.69) is 19.2 Å². The van der Waals surface area contributed by atoms with Gasteiger partial charge in [0.25, 0.3) is 5.91 Å². The van der Waals surface area contributed by atoms with Gasteiger partial charge in [-0.15, -0.1) is 0 Å². The number of benzene rings is 2. The Balaban J connectivity index is 1.96. The Morgan fingerprint density at radius 3 is 2.22 bits per heavy atom. The average molecular weight is 367 g/mol. The summed E-state index contributed by atoms with van der Waals surface area (Å²) in [4.78, 5) is 35.9. The van der Waals surface area contributed by atoms with Gasteiger partial charge in [0.05, 0.1) is 5.56 Å². The standard InChI is InChI=1S/C22H25NO4/c1-14(2)12-17-8-10-18(11-9-17)22(26)27-16(4)21(25)23-20-7-5-6-19(13-20)15(3)24/h5-11,13-14,16H,12H2,1-4H3,(H,23,25)/t16-/m0/s1. The molecule has 0 heterocycles. The van der Waals surface area contributed by atoms with Crippen molar-refractivity contribution in [1.29, 1.82) is 0 Å². The van der Waals surface area contributed by atoms with Crippen LogP contribution in [-0.2, 0) is 16.0 Å². The van der Waals surface area contributed by atoms with Gasteiger partial charge in [-0.3, -0.25) is 9.59 Å². The van der Waals surface area contributed by atoms with Gasteiger partial charge in [0.1, 0.15) is 0 Å². The first-order chi connectivity index (χ1) is 12.8. The molecule has 5 nitrogen and oxygen atoms in total. The van der Waals surface area contributed by atoms with Crippen molar-refractivity contribution in [3.8, 4) is 0 Å². The predicted molar refractivity (Wildman–Crippen MR) is 105 cm³/mol. The van der Waals surface area contributed by atoms with Crippen LogP contribution in [0, 0.1) is 5.92 Å². The number of amides is 1. The van der Waals surface area contributed by atoms with Crippen LogP contribution < -0.4 is 5.32 Å². The van der Waals surface area contributed by atoms with E-state index in [1.54, 1.807) is 36.4 Å². The fourth-order valence-electron chi connectivity index (χ4n) is 2.59. The van der Waals surface area contributed by atoms with Gasteiger partial charge in [-0.2, -0.15) is 0 Å². The Kier molecular flexibility index (Phi) is 6.88. The number of ether oxygens (including phenoxy) is 1. The highest BCUT2D eigenvalue weighted by atomic mass is 16.5. The summed E-state index contributed by atoms with van der Waals surface area (Å²) < 4.78 is 5.25. The summed E-state index contributed by atoms with van der Waals surface area (Å²) in [6.45, 7) is 7.23. The second-order valence-electron chi connectivity index (χ2n) is 6.97. The van der Waals surface area contributed by atoms with Gasteiger partial charge < -0.3 is 10.1 Å². The SMILES string of the molecule is CC(=O)c1cccc(NC(=O)[C@H](C)OC(=O)c2ccc(CC(C)C)cc2)c1. The molecule has 0 bridgehead atoms. The van der Waals surface area contributed by atoms with Gasteiger partial charge in [-0.05, 0) is 56.0 Å². The maximum absolute atomic E-state index is 12.3. The molecule has 2 aromatic carbocycles. The molecule has 142 valence electrons. The van der Waals surface area contributed by atoms with Crippen molar-refractivity contribution in [1.82, 2.24) is 0 Å². The van der Waals surface area contributed by atoms with Crippen molar-refractivity contribution in [2.45, 2.75) is 40.2 Å². The quantitative estimate of drug-likeness (QED) is 0.586. The van der Waals surface area contributed by atoms with E-state index >= 15 is 0 Å². The van der Waals surface area contributed by atoms with E-state index in [4.69, 9.17) is 4.74 Å². The van der Waals surface area contributed by atoms with Crippen LogP contribution in [0.1, 0.15) is 54.0 Å². The monoisotopic (exact) mass is 367 g/mol. The van der Waals surface area contributed by atoms with E-state index in [9.17, 15) is 14.4 Å². The van der Waals surface area contributed by atoms with Crippen LogP contribution in [0.5, 0.6) is 0 Å². The van der Waals surface area contributed by atoms with Crippen molar-refractivity contribution in [2.24, 2.45) is 5.92 Å². The van der Waals surface area contributed by atoms with E-state index in [1.165, 1.54) is 13.8 Å². The topological polar surface area (TPSA) is 72.5 Å². The molecule has 5 heteroatoms. The fourth-order valence-corrected chi connectivity index (χ4v) is 2.59. The molecule has 2 aromatic rings. The minimum absolute atomic E-state index is 0.0912. The normalized spacial score (nSPS) is 11.7.